The normalized spacial score (nSPS) is 10.2. The molecule has 0 fully saturated rings. The summed E-state index contributed by atoms with van der Waals surface area (Å²) in [5.74, 6) is 1.11. The highest BCUT2D eigenvalue weighted by Crippen LogP contribution is 2.15. The molecule has 0 aliphatic carbocycles. The van der Waals surface area contributed by atoms with E-state index in [9.17, 15) is 9.59 Å². The van der Waals surface area contributed by atoms with Gasteiger partial charge >= 0.3 is 0 Å². The van der Waals surface area contributed by atoms with E-state index in [1.807, 2.05) is 32.0 Å². The van der Waals surface area contributed by atoms with E-state index in [0.717, 1.165) is 17.1 Å². The van der Waals surface area contributed by atoms with Gasteiger partial charge in [-0.3, -0.25) is 20.4 Å². The van der Waals surface area contributed by atoms with Crippen LogP contribution in [0.25, 0.3) is 0 Å². The van der Waals surface area contributed by atoms with Crippen LogP contribution in [0.1, 0.15) is 17.0 Å². The third kappa shape index (κ3) is 5.96. The molecule has 0 aliphatic heterocycles. The smallest absolute Gasteiger partial charge is 0.257 e. The molecule has 0 spiro atoms. The minimum atomic E-state index is -0.306. The number of aromatic nitrogens is 2. The number of hydrazine groups is 1. The predicted octanol–water partition coefficient (Wildman–Crippen LogP) is 1.52. The van der Waals surface area contributed by atoms with Gasteiger partial charge in [0.1, 0.15) is 5.82 Å². The molecule has 0 atom stereocenters. The molecule has 24 heavy (non-hydrogen) atoms. The topological polar surface area (TPSA) is 98.9 Å². The summed E-state index contributed by atoms with van der Waals surface area (Å²) in [6, 6.07) is 5.95. The number of aromatic amines is 1. The zero-order valence-corrected chi connectivity index (χ0v) is 14.5. The van der Waals surface area contributed by atoms with Gasteiger partial charge < -0.3 is 10.3 Å². The average molecular weight is 347 g/mol. The maximum Gasteiger partial charge on any atom is 0.257 e. The van der Waals surface area contributed by atoms with Crippen molar-refractivity contribution < 1.29 is 9.59 Å². The van der Waals surface area contributed by atoms with Gasteiger partial charge in [0.25, 0.3) is 5.91 Å². The highest BCUT2D eigenvalue weighted by Gasteiger charge is 2.06. The summed E-state index contributed by atoms with van der Waals surface area (Å²) in [5.41, 5.74) is 7.92. The number of hydrogen-bond acceptors (Lipinski definition) is 5. The van der Waals surface area contributed by atoms with E-state index in [1.165, 1.54) is 17.3 Å². The quantitative estimate of drug-likeness (QED) is 0.569. The molecule has 0 saturated carbocycles. The Morgan fingerprint density at radius 3 is 2.71 bits per heavy atom. The number of carbonyl (C=O) groups excluding carboxylic acids is 2. The fourth-order valence-corrected chi connectivity index (χ4v) is 2.74. The molecule has 1 heterocycles. The molecule has 0 aliphatic rings. The van der Waals surface area contributed by atoms with Crippen LogP contribution in [0.3, 0.4) is 0 Å². The average Bonchev–Trinajstić information content (AvgIpc) is 3.05. The number of nitrogens with one attached hydrogen (secondary N) is 4. The molecule has 7 nitrogen and oxygen atoms in total. The molecule has 0 saturated heterocycles. The van der Waals surface area contributed by atoms with Gasteiger partial charge in [-0.25, -0.2) is 4.98 Å². The van der Waals surface area contributed by atoms with Gasteiger partial charge in [-0.05, 0) is 25.5 Å². The lowest BCUT2D eigenvalue weighted by atomic mass is 10.1. The van der Waals surface area contributed by atoms with Crippen molar-refractivity contribution in [3.8, 4) is 0 Å². The Labute approximate surface area is 145 Å². The first-order chi connectivity index (χ1) is 11.5. The second-order valence-corrected chi connectivity index (χ2v) is 6.28. The number of anilines is 1. The summed E-state index contributed by atoms with van der Waals surface area (Å²) in [6.45, 7) is 4.08. The van der Waals surface area contributed by atoms with E-state index in [-0.39, 0.29) is 24.1 Å². The van der Waals surface area contributed by atoms with Crippen LogP contribution < -0.4 is 16.2 Å². The summed E-state index contributed by atoms with van der Waals surface area (Å²) < 4.78 is 0. The Bertz CT molecular complexity index is 688. The summed E-state index contributed by atoms with van der Waals surface area (Å²) >= 11 is 1.41. The van der Waals surface area contributed by atoms with Crippen LogP contribution in [-0.2, 0) is 15.3 Å². The minimum Gasteiger partial charge on any atom is -0.376 e. The fraction of sp³-hybridized carbons (Fsp3) is 0.312. The number of imidazole rings is 1. The van der Waals surface area contributed by atoms with Crippen LogP contribution in [0.4, 0.5) is 5.69 Å². The number of H-pyrrole nitrogens is 1. The van der Waals surface area contributed by atoms with Gasteiger partial charge in [0.2, 0.25) is 5.91 Å². The molecule has 0 unspecified atom stereocenters. The van der Waals surface area contributed by atoms with Crippen LogP contribution in [0.15, 0.2) is 30.6 Å². The number of hydrogen-bond donors (Lipinski definition) is 4. The zero-order valence-electron chi connectivity index (χ0n) is 13.7. The van der Waals surface area contributed by atoms with Crippen molar-refractivity contribution in [2.24, 2.45) is 0 Å². The van der Waals surface area contributed by atoms with Crippen molar-refractivity contribution in [3.05, 3.63) is 47.5 Å². The summed E-state index contributed by atoms with van der Waals surface area (Å²) in [6.07, 6.45) is 3.40. The highest BCUT2D eigenvalue weighted by molar-refractivity contribution is 7.99. The van der Waals surface area contributed by atoms with E-state index in [2.05, 4.69) is 26.1 Å². The second kappa shape index (κ2) is 8.97. The van der Waals surface area contributed by atoms with Gasteiger partial charge in [-0.15, -0.1) is 11.8 Å². The minimum absolute atomic E-state index is 0.0870. The summed E-state index contributed by atoms with van der Waals surface area (Å²) in [7, 11) is 0. The lowest BCUT2D eigenvalue weighted by Crippen LogP contribution is -2.44. The Kier molecular flexibility index (Phi) is 6.68. The summed E-state index contributed by atoms with van der Waals surface area (Å²) in [5, 5.41) is 3.04. The lowest BCUT2D eigenvalue weighted by molar-refractivity contribution is -0.126. The van der Waals surface area contributed by atoms with Crippen LogP contribution in [0, 0.1) is 13.8 Å². The van der Waals surface area contributed by atoms with Gasteiger partial charge in [0.05, 0.1) is 18.1 Å². The molecule has 1 aromatic heterocycles. The third-order valence-corrected chi connectivity index (χ3v) is 4.13. The molecule has 4 N–H and O–H groups in total. The third-order valence-electron chi connectivity index (χ3n) is 3.19. The molecule has 2 amide bonds. The molecule has 1 aromatic carbocycles. The molecule has 0 radical (unpaired) electrons. The van der Waals surface area contributed by atoms with Gasteiger partial charge in [-0.1, -0.05) is 17.7 Å². The van der Waals surface area contributed by atoms with E-state index in [1.54, 1.807) is 12.4 Å². The standard InChI is InChI=1S/C16H21N5O2S/c1-11-3-4-13(12(2)7-11)19-8-15(22)20-21-16(23)10-24-9-14-17-5-6-18-14/h3-7,19H,8-10H2,1-2H3,(H,17,18)(H,20,22)(H,21,23). The monoisotopic (exact) mass is 347 g/mol. The second-order valence-electron chi connectivity index (χ2n) is 5.30. The number of nitrogens with zero attached hydrogens (tertiary/aromatic N) is 1. The van der Waals surface area contributed by atoms with Crippen molar-refractivity contribution in [2.75, 3.05) is 17.6 Å². The molecule has 0 bridgehead atoms. The van der Waals surface area contributed by atoms with Crippen molar-refractivity contribution in [2.45, 2.75) is 19.6 Å². The van der Waals surface area contributed by atoms with Crippen molar-refractivity contribution in [1.82, 2.24) is 20.8 Å². The highest BCUT2D eigenvalue weighted by atomic mass is 32.2. The Balaban J connectivity index is 1.62. The maximum atomic E-state index is 11.7. The van der Waals surface area contributed by atoms with Gasteiger partial charge in [-0.2, -0.15) is 0 Å². The Morgan fingerprint density at radius 2 is 2.00 bits per heavy atom. The number of benzene rings is 1. The largest absolute Gasteiger partial charge is 0.376 e. The molecule has 8 heteroatoms. The van der Waals surface area contributed by atoms with E-state index < -0.39 is 0 Å². The molecule has 128 valence electrons. The Hall–Kier alpha value is -2.48. The number of aryl methyl sites for hydroxylation is 2. The van der Waals surface area contributed by atoms with Gasteiger partial charge in [0.15, 0.2) is 0 Å². The van der Waals surface area contributed by atoms with Crippen LogP contribution in [0.2, 0.25) is 0 Å². The van der Waals surface area contributed by atoms with Crippen molar-refractivity contribution in [3.63, 3.8) is 0 Å². The predicted molar refractivity (Wildman–Crippen MR) is 95.4 cm³/mol. The lowest BCUT2D eigenvalue weighted by Gasteiger charge is -2.11. The molecule has 2 rings (SSSR count). The first-order valence-electron chi connectivity index (χ1n) is 7.49. The molecular weight excluding hydrogens is 326 g/mol. The van der Waals surface area contributed by atoms with E-state index in [0.29, 0.717) is 5.75 Å². The summed E-state index contributed by atoms with van der Waals surface area (Å²) in [4.78, 5) is 30.4. The van der Waals surface area contributed by atoms with Crippen LogP contribution in [-0.4, -0.2) is 34.1 Å². The zero-order chi connectivity index (χ0) is 17.4. The number of amides is 2. The van der Waals surface area contributed by atoms with Crippen molar-refractivity contribution >= 4 is 29.3 Å². The molecule has 2 aromatic rings. The van der Waals surface area contributed by atoms with E-state index >= 15 is 0 Å². The number of rotatable bonds is 7. The Morgan fingerprint density at radius 1 is 1.21 bits per heavy atom. The van der Waals surface area contributed by atoms with Gasteiger partial charge in [0, 0.05) is 18.1 Å². The van der Waals surface area contributed by atoms with Crippen molar-refractivity contribution in [1.29, 1.82) is 0 Å². The SMILES string of the molecule is Cc1ccc(NCC(=O)NNC(=O)CSCc2ncc[nH]2)c(C)c1. The van der Waals surface area contributed by atoms with Crippen LogP contribution >= 0.6 is 11.8 Å². The first-order valence-corrected chi connectivity index (χ1v) is 8.65. The van der Waals surface area contributed by atoms with E-state index in [4.69, 9.17) is 0 Å². The first kappa shape index (κ1) is 17.9. The van der Waals surface area contributed by atoms with Crippen LogP contribution in [0.5, 0.6) is 0 Å². The number of carbonyl (C=O) groups is 2. The molecular formula is C16H21N5O2S. The maximum absolute atomic E-state index is 11.7. The number of thioether (sulfide) groups is 1. The fourth-order valence-electron chi connectivity index (χ4n) is 2.02.